The van der Waals surface area contributed by atoms with Gasteiger partial charge in [-0.3, -0.25) is 0 Å². The Kier molecular flexibility index (Phi) is 3.76. The first-order valence-electron chi connectivity index (χ1n) is 4.73. The van der Waals surface area contributed by atoms with E-state index in [-0.39, 0.29) is 6.10 Å². The number of aliphatic hydroxyl groups is 1. The molecule has 1 rings (SSSR count). The lowest BCUT2D eigenvalue weighted by Crippen LogP contribution is -2.25. The van der Waals surface area contributed by atoms with Gasteiger partial charge >= 0.3 is 0 Å². The molecule has 1 N–H and O–H groups in total. The van der Waals surface area contributed by atoms with Crippen molar-refractivity contribution in [3.05, 3.63) is 11.6 Å². The lowest BCUT2D eigenvalue weighted by molar-refractivity contribution is 0.183. The number of rotatable bonds is 3. The zero-order chi connectivity index (χ0) is 8.97. The Hall–Kier alpha value is -0.340. The maximum absolute atomic E-state index is 9.11. The molecule has 0 fully saturated rings. The van der Waals surface area contributed by atoms with Crippen LogP contribution in [0.15, 0.2) is 11.6 Å². The largest absolute Gasteiger partial charge is 0.393 e. The number of hydrogen-bond donors (Lipinski definition) is 1. The smallest absolute Gasteiger partial charge is 0.0515 e. The summed E-state index contributed by atoms with van der Waals surface area (Å²) in [5.41, 5.74) is 1.49. The third-order valence-electron chi connectivity index (χ3n) is 2.30. The molecule has 2 heteroatoms. The summed E-state index contributed by atoms with van der Waals surface area (Å²) in [6.07, 6.45) is 5.30. The van der Waals surface area contributed by atoms with Crippen LogP contribution >= 0.6 is 0 Å². The van der Waals surface area contributed by atoms with E-state index in [1.807, 2.05) is 6.92 Å². The molecule has 0 saturated heterocycles. The van der Waals surface area contributed by atoms with Crippen molar-refractivity contribution in [3.63, 3.8) is 0 Å². The van der Waals surface area contributed by atoms with Crippen molar-refractivity contribution in [2.75, 3.05) is 20.1 Å². The van der Waals surface area contributed by atoms with E-state index in [0.717, 1.165) is 19.4 Å². The highest BCUT2D eigenvalue weighted by Crippen LogP contribution is 2.14. The summed E-state index contributed by atoms with van der Waals surface area (Å²) in [6.45, 7) is 4.12. The summed E-state index contributed by atoms with van der Waals surface area (Å²) in [5.74, 6) is 0. The molecule has 12 heavy (non-hydrogen) atoms. The topological polar surface area (TPSA) is 23.5 Å². The van der Waals surface area contributed by atoms with Crippen LogP contribution in [0.3, 0.4) is 0 Å². The van der Waals surface area contributed by atoms with Crippen molar-refractivity contribution in [1.82, 2.24) is 4.90 Å². The molecule has 70 valence electrons. The lowest BCUT2D eigenvalue weighted by Gasteiger charge is -2.23. The van der Waals surface area contributed by atoms with Crippen LogP contribution in [0.4, 0.5) is 0 Å². The van der Waals surface area contributed by atoms with Crippen molar-refractivity contribution in [2.45, 2.75) is 32.3 Å². The monoisotopic (exact) mass is 169 g/mol. The van der Waals surface area contributed by atoms with Crippen molar-refractivity contribution in [2.24, 2.45) is 0 Å². The van der Waals surface area contributed by atoms with Gasteiger partial charge in [-0.15, -0.1) is 0 Å². The van der Waals surface area contributed by atoms with E-state index < -0.39 is 0 Å². The van der Waals surface area contributed by atoms with Crippen LogP contribution in [0.2, 0.25) is 0 Å². The fraction of sp³-hybridized carbons (Fsp3) is 0.800. The highest BCUT2D eigenvalue weighted by atomic mass is 16.3. The fourth-order valence-electron chi connectivity index (χ4n) is 1.55. The third kappa shape index (κ3) is 3.37. The Bertz CT molecular complexity index is 163. The molecular weight excluding hydrogens is 150 g/mol. The zero-order valence-electron chi connectivity index (χ0n) is 8.08. The number of aliphatic hydroxyl groups excluding tert-OH is 1. The van der Waals surface area contributed by atoms with Gasteiger partial charge in [-0.25, -0.2) is 0 Å². The van der Waals surface area contributed by atoms with Crippen LogP contribution in [0.25, 0.3) is 0 Å². The Morgan fingerprint density at radius 3 is 3.00 bits per heavy atom. The highest BCUT2D eigenvalue weighted by molar-refractivity contribution is 5.07. The second-order valence-electron chi connectivity index (χ2n) is 3.78. The van der Waals surface area contributed by atoms with Gasteiger partial charge in [0, 0.05) is 13.1 Å². The average molecular weight is 169 g/mol. The number of likely N-dealkylation sites (N-methyl/N-ethyl adjacent to an activating group) is 1. The number of nitrogens with zero attached hydrogens (tertiary/aromatic N) is 1. The molecule has 0 bridgehead atoms. The van der Waals surface area contributed by atoms with Gasteiger partial charge in [-0.05, 0) is 33.2 Å². The van der Waals surface area contributed by atoms with Gasteiger partial charge < -0.3 is 10.0 Å². The van der Waals surface area contributed by atoms with Gasteiger partial charge in [0.2, 0.25) is 0 Å². The first kappa shape index (κ1) is 9.75. The summed E-state index contributed by atoms with van der Waals surface area (Å²) in [4.78, 5) is 2.33. The maximum atomic E-state index is 9.11. The molecule has 1 atom stereocenters. The Labute approximate surface area is 74.9 Å². The van der Waals surface area contributed by atoms with Crippen LogP contribution in [-0.4, -0.2) is 36.2 Å². The molecule has 0 saturated carbocycles. The van der Waals surface area contributed by atoms with Crippen LogP contribution in [0, 0.1) is 0 Å². The van der Waals surface area contributed by atoms with Crippen molar-refractivity contribution in [3.8, 4) is 0 Å². The van der Waals surface area contributed by atoms with E-state index in [0.29, 0.717) is 0 Å². The first-order chi connectivity index (χ1) is 5.68. The molecule has 0 aliphatic carbocycles. The van der Waals surface area contributed by atoms with E-state index in [9.17, 15) is 0 Å². The van der Waals surface area contributed by atoms with Gasteiger partial charge in [0.25, 0.3) is 0 Å². The van der Waals surface area contributed by atoms with Crippen molar-refractivity contribution in [1.29, 1.82) is 0 Å². The minimum Gasteiger partial charge on any atom is -0.393 e. The minimum atomic E-state index is -0.155. The predicted molar refractivity (Wildman–Crippen MR) is 51.1 cm³/mol. The van der Waals surface area contributed by atoms with Gasteiger partial charge in [0.05, 0.1) is 6.10 Å². The molecule has 0 radical (unpaired) electrons. The Morgan fingerprint density at radius 2 is 2.42 bits per heavy atom. The fourth-order valence-corrected chi connectivity index (χ4v) is 1.55. The molecule has 0 spiro atoms. The minimum absolute atomic E-state index is 0.155. The quantitative estimate of drug-likeness (QED) is 0.646. The Morgan fingerprint density at radius 1 is 1.67 bits per heavy atom. The molecule has 0 aromatic carbocycles. The summed E-state index contributed by atoms with van der Waals surface area (Å²) in [6, 6.07) is 0. The van der Waals surface area contributed by atoms with Crippen LogP contribution in [0.1, 0.15) is 26.2 Å². The molecule has 0 aromatic rings. The normalized spacial score (nSPS) is 22.1. The van der Waals surface area contributed by atoms with Gasteiger partial charge in [-0.2, -0.15) is 0 Å². The molecule has 1 aliphatic heterocycles. The van der Waals surface area contributed by atoms with Crippen molar-refractivity contribution < 1.29 is 5.11 Å². The Balaban J connectivity index is 2.27. The van der Waals surface area contributed by atoms with Crippen LogP contribution in [0.5, 0.6) is 0 Å². The molecule has 1 unspecified atom stereocenters. The van der Waals surface area contributed by atoms with Gasteiger partial charge in [0.15, 0.2) is 0 Å². The van der Waals surface area contributed by atoms with E-state index in [2.05, 4.69) is 18.0 Å². The SMILES string of the molecule is CC(O)CCC1=CCCN(C)C1. The lowest BCUT2D eigenvalue weighted by atomic mass is 10.0. The predicted octanol–water partition coefficient (Wildman–Crippen LogP) is 1.41. The molecular formula is C10H19NO. The second-order valence-corrected chi connectivity index (χ2v) is 3.78. The molecule has 0 amide bonds. The molecule has 1 heterocycles. The average Bonchev–Trinajstić information content (AvgIpc) is 2.01. The van der Waals surface area contributed by atoms with Crippen LogP contribution in [-0.2, 0) is 0 Å². The summed E-state index contributed by atoms with van der Waals surface area (Å²) >= 11 is 0. The van der Waals surface area contributed by atoms with Gasteiger partial charge in [-0.1, -0.05) is 11.6 Å². The highest BCUT2D eigenvalue weighted by Gasteiger charge is 2.08. The summed E-state index contributed by atoms with van der Waals surface area (Å²) in [5, 5.41) is 9.11. The first-order valence-corrected chi connectivity index (χ1v) is 4.73. The van der Waals surface area contributed by atoms with Gasteiger partial charge in [0.1, 0.15) is 0 Å². The zero-order valence-corrected chi connectivity index (χ0v) is 8.08. The van der Waals surface area contributed by atoms with E-state index >= 15 is 0 Å². The number of hydrogen-bond acceptors (Lipinski definition) is 2. The second kappa shape index (κ2) is 4.63. The standard InChI is InChI=1S/C10H19NO/c1-9(12)5-6-10-4-3-7-11(2)8-10/h4,9,12H,3,5-8H2,1-2H3. The van der Waals surface area contributed by atoms with E-state index in [1.54, 1.807) is 0 Å². The third-order valence-corrected chi connectivity index (χ3v) is 2.30. The molecule has 1 aliphatic rings. The summed E-state index contributed by atoms with van der Waals surface area (Å²) < 4.78 is 0. The molecule has 2 nitrogen and oxygen atoms in total. The van der Waals surface area contributed by atoms with E-state index in [4.69, 9.17) is 5.11 Å². The molecule has 0 aromatic heterocycles. The van der Waals surface area contributed by atoms with Crippen molar-refractivity contribution >= 4 is 0 Å². The maximum Gasteiger partial charge on any atom is 0.0515 e. The summed E-state index contributed by atoms with van der Waals surface area (Å²) in [7, 11) is 2.15. The van der Waals surface area contributed by atoms with Crippen LogP contribution < -0.4 is 0 Å². The van der Waals surface area contributed by atoms with E-state index in [1.165, 1.54) is 18.5 Å².